The summed E-state index contributed by atoms with van der Waals surface area (Å²) in [5.74, 6) is 0.840. The molecule has 0 radical (unpaired) electrons. The third-order valence-electron chi connectivity index (χ3n) is 4.69. The molecule has 0 amide bonds. The number of benzene rings is 1. The molecule has 0 saturated carbocycles. The van der Waals surface area contributed by atoms with Crippen molar-refractivity contribution >= 4 is 5.96 Å². The lowest BCUT2D eigenvalue weighted by Crippen LogP contribution is -2.48. The Morgan fingerprint density at radius 3 is 2.71 bits per heavy atom. The Bertz CT molecular complexity index is 515. The molecule has 0 aliphatic carbocycles. The van der Waals surface area contributed by atoms with Gasteiger partial charge in [0.05, 0.1) is 5.60 Å². The molecule has 1 saturated heterocycles. The normalized spacial score (nSPS) is 19.5. The number of likely N-dealkylation sites (tertiary alicyclic amines) is 1. The van der Waals surface area contributed by atoms with Crippen LogP contribution in [-0.2, 0) is 11.3 Å². The van der Waals surface area contributed by atoms with Gasteiger partial charge in [-0.1, -0.05) is 30.3 Å². The molecule has 1 aliphatic rings. The van der Waals surface area contributed by atoms with E-state index in [-0.39, 0.29) is 5.60 Å². The van der Waals surface area contributed by atoms with Gasteiger partial charge in [-0.25, -0.2) is 0 Å². The minimum Gasteiger partial charge on any atom is -0.377 e. The van der Waals surface area contributed by atoms with Crippen LogP contribution in [0, 0.1) is 0 Å². The van der Waals surface area contributed by atoms with Gasteiger partial charge in [-0.3, -0.25) is 9.89 Å². The first kappa shape index (κ1) is 18.7. The largest absolute Gasteiger partial charge is 0.377 e. The minimum absolute atomic E-state index is 0.204. The number of hydrogen-bond donors (Lipinski definition) is 2. The first-order valence-electron chi connectivity index (χ1n) is 8.82. The predicted octanol–water partition coefficient (Wildman–Crippen LogP) is 2.24. The molecule has 0 aromatic heterocycles. The van der Waals surface area contributed by atoms with Crippen LogP contribution < -0.4 is 10.6 Å². The molecule has 1 aliphatic heterocycles. The van der Waals surface area contributed by atoms with Gasteiger partial charge in [0.2, 0.25) is 0 Å². The van der Waals surface area contributed by atoms with Gasteiger partial charge in [-0.05, 0) is 38.8 Å². The maximum Gasteiger partial charge on any atom is 0.191 e. The summed E-state index contributed by atoms with van der Waals surface area (Å²) in [6.45, 7) is 7.96. The molecular weight excluding hydrogens is 300 g/mol. The molecule has 134 valence electrons. The third kappa shape index (κ3) is 5.80. The molecule has 0 bridgehead atoms. The van der Waals surface area contributed by atoms with Gasteiger partial charge in [-0.15, -0.1) is 0 Å². The van der Waals surface area contributed by atoms with Crippen molar-refractivity contribution in [3.05, 3.63) is 35.9 Å². The zero-order valence-electron chi connectivity index (χ0n) is 15.5. The van der Waals surface area contributed by atoms with Crippen molar-refractivity contribution in [1.82, 2.24) is 15.5 Å². The van der Waals surface area contributed by atoms with Crippen molar-refractivity contribution < 1.29 is 4.74 Å². The van der Waals surface area contributed by atoms with Crippen LogP contribution in [0.4, 0.5) is 0 Å². The van der Waals surface area contributed by atoms with Crippen molar-refractivity contribution in [2.75, 3.05) is 33.8 Å². The summed E-state index contributed by atoms with van der Waals surface area (Å²) in [4.78, 5) is 6.88. The van der Waals surface area contributed by atoms with Gasteiger partial charge in [0.1, 0.15) is 0 Å². The second-order valence-corrected chi connectivity index (χ2v) is 7.02. The van der Waals surface area contributed by atoms with Crippen LogP contribution >= 0.6 is 0 Å². The smallest absolute Gasteiger partial charge is 0.191 e. The molecule has 1 aromatic carbocycles. The second-order valence-electron chi connectivity index (χ2n) is 7.02. The molecule has 0 spiro atoms. The molecule has 5 nitrogen and oxygen atoms in total. The Morgan fingerprint density at radius 2 is 2.04 bits per heavy atom. The van der Waals surface area contributed by atoms with Crippen molar-refractivity contribution in [3.63, 3.8) is 0 Å². The minimum atomic E-state index is -0.204. The Labute approximate surface area is 146 Å². The monoisotopic (exact) mass is 332 g/mol. The molecule has 1 aromatic rings. The standard InChI is InChI=1S/C19H32N4O/c1-19(2,24-4)15-22-18(20-3)21-13-17-11-8-12-23(17)14-16-9-6-5-7-10-16/h5-7,9-10,17H,8,11-15H2,1-4H3,(H2,20,21,22). The summed E-state index contributed by atoms with van der Waals surface area (Å²) >= 11 is 0. The van der Waals surface area contributed by atoms with Gasteiger partial charge in [0.15, 0.2) is 5.96 Å². The summed E-state index contributed by atoms with van der Waals surface area (Å²) in [6, 6.07) is 11.3. The van der Waals surface area contributed by atoms with Crippen LogP contribution in [0.2, 0.25) is 0 Å². The first-order chi connectivity index (χ1) is 11.5. The van der Waals surface area contributed by atoms with Crippen molar-refractivity contribution in [2.24, 2.45) is 4.99 Å². The molecule has 5 heteroatoms. The van der Waals surface area contributed by atoms with Crippen LogP contribution in [0.5, 0.6) is 0 Å². The van der Waals surface area contributed by atoms with Gasteiger partial charge in [0.25, 0.3) is 0 Å². The SMILES string of the molecule is CN=C(NCC1CCCN1Cc1ccccc1)NCC(C)(C)OC. The lowest BCUT2D eigenvalue weighted by molar-refractivity contribution is 0.0268. The number of aliphatic imine (C=N–C) groups is 1. The molecule has 1 fully saturated rings. The molecule has 1 unspecified atom stereocenters. The van der Waals surface area contributed by atoms with Gasteiger partial charge in [-0.2, -0.15) is 0 Å². The number of methoxy groups -OCH3 is 1. The van der Waals surface area contributed by atoms with Gasteiger partial charge < -0.3 is 15.4 Å². The van der Waals surface area contributed by atoms with Crippen LogP contribution in [0.1, 0.15) is 32.3 Å². The molecule has 1 atom stereocenters. The summed E-state index contributed by atoms with van der Waals surface area (Å²) in [5, 5.41) is 6.81. The number of guanidine groups is 1. The average Bonchev–Trinajstić information content (AvgIpc) is 3.03. The van der Waals surface area contributed by atoms with Crippen LogP contribution in [0.3, 0.4) is 0 Å². The highest BCUT2D eigenvalue weighted by Gasteiger charge is 2.24. The third-order valence-corrected chi connectivity index (χ3v) is 4.69. The van der Waals surface area contributed by atoms with E-state index in [1.165, 1.54) is 24.9 Å². The summed E-state index contributed by atoms with van der Waals surface area (Å²) in [7, 11) is 3.55. The van der Waals surface area contributed by atoms with E-state index in [2.05, 4.69) is 64.7 Å². The van der Waals surface area contributed by atoms with Crippen molar-refractivity contribution in [2.45, 2.75) is 44.9 Å². The van der Waals surface area contributed by atoms with E-state index >= 15 is 0 Å². The fraction of sp³-hybridized carbons (Fsp3) is 0.632. The number of nitrogens with zero attached hydrogens (tertiary/aromatic N) is 2. The Balaban J connectivity index is 1.81. The topological polar surface area (TPSA) is 48.9 Å². The highest BCUT2D eigenvalue weighted by molar-refractivity contribution is 5.79. The molecule has 2 rings (SSSR count). The highest BCUT2D eigenvalue weighted by Crippen LogP contribution is 2.19. The fourth-order valence-electron chi connectivity index (χ4n) is 2.96. The maximum atomic E-state index is 5.44. The zero-order chi connectivity index (χ0) is 17.4. The van der Waals surface area contributed by atoms with E-state index in [9.17, 15) is 0 Å². The highest BCUT2D eigenvalue weighted by atomic mass is 16.5. The first-order valence-corrected chi connectivity index (χ1v) is 8.82. The van der Waals surface area contributed by atoms with E-state index < -0.39 is 0 Å². The molecular formula is C19H32N4O. The summed E-state index contributed by atoms with van der Waals surface area (Å²) in [5.41, 5.74) is 1.18. The number of rotatable bonds is 7. The number of hydrogen-bond acceptors (Lipinski definition) is 3. The lowest BCUT2D eigenvalue weighted by atomic mass is 10.1. The Morgan fingerprint density at radius 1 is 1.29 bits per heavy atom. The summed E-state index contributed by atoms with van der Waals surface area (Å²) < 4.78 is 5.44. The molecule has 2 N–H and O–H groups in total. The van der Waals surface area contributed by atoms with Crippen LogP contribution in [-0.4, -0.2) is 56.3 Å². The number of nitrogens with one attached hydrogen (secondary N) is 2. The van der Waals surface area contributed by atoms with E-state index in [1.807, 2.05) is 7.05 Å². The van der Waals surface area contributed by atoms with Crippen molar-refractivity contribution in [1.29, 1.82) is 0 Å². The predicted molar refractivity (Wildman–Crippen MR) is 100 cm³/mol. The zero-order valence-corrected chi connectivity index (χ0v) is 15.5. The maximum absolute atomic E-state index is 5.44. The summed E-state index contributed by atoms with van der Waals surface area (Å²) in [6.07, 6.45) is 2.50. The van der Waals surface area contributed by atoms with E-state index in [1.54, 1.807) is 7.11 Å². The van der Waals surface area contributed by atoms with E-state index in [0.717, 1.165) is 25.6 Å². The van der Waals surface area contributed by atoms with Crippen LogP contribution in [0.25, 0.3) is 0 Å². The lowest BCUT2D eigenvalue weighted by Gasteiger charge is -2.27. The molecule has 24 heavy (non-hydrogen) atoms. The van der Waals surface area contributed by atoms with E-state index in [0.29, 0.717) is 6.04 Å². The van der Waals surface area contributed by atoms with E-state index in [4.69, 9.17) is 4.74 Å². The van der Waals surface area contributed by atoms with Crippen LogP contribution in [0.15, 0.2) is 35.3 Å². The Hall–Kier alpha value is -1.59. The second kappa shape index (κ2) is 9.04. The average molecular weight is 332 g/mol. The quantitative estimate of drug-likeness (QED) is 0.594. The van der Waals surface area contributed by atoms with Crippen molar-refractivity contribution in [3.8, 4) is 0 Å². The Kier molecular flexibility index (Phi) is 7.06. The number of ether oxygens (including phenoxy) is 1. The molecule has 1 heterocycles. The fourth-order valence-corrected chi connectivity index (χ4v) is 2.96. The van der Waals surface area contributed by atoms with Gasteiger partial charge >= 0.3 is 0 Å². The van der Waals surface area contributed by atoms with Gasteiger partial charge in [0, 0.05) is 39.8 Å².